The monoisotopic (exact) mass is 420 g/mol. The van der Waals surface area contributed by atoms with Gasteiger partial charge in [-0.1, -0.05) is 6.07 Å². The fourth-order valence-electron chi connectivity index (χ4n) is 4.17. The molecule has 1 aromatic carbocycles. The number of anilines is 1. The Hall–Kier alpha value is -3.57. The van der Waals surface area contributed by atoms with E-state index in [2.05, 4.69) is 16.4 Å². The van der Waals surface area contributed by atoms with Crippen molar-refractivity contribution in [3.8, 4) is 17.7 Å². The minimum absolute atomic E-state index is 0.119. The van der Waals surface area contributed by atoms with Gasteiger partial charge in [0, 0.05) is 29.5 Å². The number of benzene rings is 1. The van der Waals surface area contributed by atoms with Gasteiger partial charge in [-0.05, 0) is 31.5 Å². The van der Waals surface area contributed by atoms with Gasteiger partial charge in [-0.25, -0.2) is 4.98 Å². The lowest BCUT2D eigenvalue weighted by molar-refractivity contribution is -0.114. The number of carbonyl (C=O) groups is 1. The molecule has 1 unspecified atom stereocenters. The highest BCUT2D eigenvalue weighted by Crippen LogP contribution is 2.49. The van der Waals surface area contributed by atoms with Crippen molar-refractivity contribution in [2.75, 3.05) is 25.6 Å². The number of rotatable bonds is 5. The number of nitrogens with two attached hydrogens (primary N) is 1. The van der Waals surface area contributed by atoms with E-state index in [-0.39, 0.29) is 6.10 Å². The first kappa shape index (κ1) is 20.7. The third-order valence-corrected chi connectivity index (χ3v) is 5.67. The molecule has 1 aromatic heterocycles. The molecule has 0 radical (unpaired) electrons. The third kappa shape index (κ3) is 3.68. The lowest BCUT2D eigenvalue weighted by Crippen LogP contribution is -2.29. The Labute approximate surface area is 180 Å². The smallest absolute Gasteiger partial charge is 0.247 e. The lowest BCUT2D eigenvalue weighted by atomic mass is 9.79. The summed E-state index contributed by atoms with van der Waals surface area (Å²) in [5.41, 5.74) is 10.5. The summed E-state index contributed by atoms with van der Waals surface area (Å²) in [5, 5.41) is 12.6. The second kappa shape index (κ2) is 8.28. The zero-order chi connectivity index (χ0) is 22.1. The number of ether oxygens (including phenoxy) is 3. The molecule has 0 saturated carbocycles. The number of nitrogens with zero attached hydrogens (tertiary/aromatic N) is 2. The highest BCUT2D eigenvalue weighted by atomic mass is 16.5. The fraction of sp³-hybridized carbons (Fsp3) is 0.348. The van der Waals surface area contributed by atoms with Crippen LogP contribution in [0.2, 0.25) is 0 Å². The third-order valence-electron chi connectivity index (χ3n) is 5.67. The van der Waals surface area contributed by atoms with Crippen LogP contribution in [-0.2, 0) is 9.53 Å². The van der Waals surface area contributed by atoms with Gasteiger partial charge in [0.1, 0.15) is 11.9 Å². The van der Waals surface area contributed by atoms with E-state index in [0.717, 1.165) is 17.7 Å². The Balaban J connectivity index is 1.96. The second-order valence-electron chi connectivity index (χ2n) is 7.67. The van der Waals surface area contributed by atoms with Gasteiger partial charge in [0.05, 0.1) is 49.1 Å². The van der Waals surface area contributed by atoms with Crippen LogP contribution in [-0.4, -0.2) is 37.3 Å². The molecule has 2 aromatic rings. The molecule has 2 atom stereocenters. The van der Waals surface area contributed by atoms with Crippen molar-refractivity contribution in [3.63, 3.8) is 0 Å². The number of nitriles is 1. The van der Waals surface area contributed by atoms with E-state index >= 15 is 0 Å². The molecule has 2 aliphatic heterocycles. The fourth-order valence-corrected chi connectivity index (χ4v) is 4.17. The topological polar surface area (TPSA) is 119 Å². The summed E-state index contributed by atoms with van der Waals surface area (Å²) in [5.74, 6) is -0.212. The number of hydrogen-bond acceptors (Lipinski definition) is 7. The highest BCUT2D eigenvalue weighted by molar-refractivity contribution is 5.98. The largest absolute Gasteiger partial charge is 0.496 e. The van der Waals surface area contributed by atoms with Crippen molar-refractivity contribution in [3.05, 3.63) is 57.9 Å². The molecule has 160 valence electrons. The minimum Gasteiger partial charge on any atom is -0.496 e. The van der Waals surface area contributed by atoms with Crippen molar-refractivity contribution in [2.24, 2.45) is 5.73 Å². The van der Waals surface area contributed by atoms with E-state index in [1.165, 1.54) is 7.11 Å². The Morgan fingerprint density at radius 2 is 2.19 bits per heavy atom. The molecule has 1 fully saturated rings. The number of aromatic nitrogens is 1. The molecular formula is C23H24N4O4. The molecule has 0 aliphatic carbocycles. The van der Waals surface area contributed by atoms with Crippen LogP contribution in [0, 0.1) is 18.3 Å². The van der Waals surface area contributed by atoms with Gasteiger partial charge < -0.3 is 25.3 Å². The number of carbonyl (C=O) groups excluding carboxylic acids is 1. The summed E-state index contributed by atoms with van der Waals surface area (Å²) in [6, 6.07) is 7.25. The zero-order valence-electron chi connectivity index (χ0n) is 17.7. The quantitative estimate of drug-likeness (QED) is 0.763. The van der Waals surface area contributed by atoms with Crippen LogP contribution in [0.5, 0.6) is 11.6 Å². The predicted molar refractivity (Wildman–Crippen MR) is 114 cm³/mol. The van der Waals surface area contributed by atoms with Gasteiger partial charge in [0.15, 0.2) is 0 Å². The van der Waals surface area contributed by atoms with Gasteiger partial charge in [0.25, 0.3) is 0 Å². The number of primary amides is 1. The van der Waals surface area contributed by atoms with Gasteiger partial charge in [-0.15, -0.1) is 0 Å². The van der Waals surface area contributed by atoms with Crippen LogP contribution in [0.15, 0.2) is 35.7 Å². The number of amides is 1. The Morgan fingerprint density at radius 1 is 1.39 bits per heavy atom. The Bertz CT molecular complexity index is 1110. The van der Waals surface area contributed by atoms with E-state index in [1.54, 1.807) is 24.4 Å². The number of allylic oxidation sites excluding steroid dienone is 1. The van der Waals surface area contributed by atoms with Crippen LogP contribution >= 0.6 is 0 Å². The molecule has 8 nitrogen and oxygen atoms in total. The summed E-state index contributed by atoms with van der Waals surface area (Å²) in [6.07, 6.45) is 2.39. The number of methoxy groups -OCH3 is 1. The summed E-state index contributed by atoms with van der Waals surface area (Å²) < 4.78 is 17.3. The van der Waals surface area contributed by atoms with Crippen molar-refractivity contribution in [1.82, 2.24) is 4.98 Å². The average molecular weight is 420 g/mol. The summed E-state index contributed by atoms with van der Waals surface area (Å²) in [6.45, 7) is 4.88. The van der Waals surface area contributed by atoms with Crippen LogP contribution in [0.1, 0.15) is 41.5 Å². The van der Waals surface area contributed by atoms with Crippen LogP contribution < -0.4 is 20.5 Å². The Morgan fingerprint density at radius 3 is 2.84 bits per heavy atom. The molecule has 2 aliphatic rings. The molecule has 0 spiro atoms. The number of hydrogen-bond donors (Lipinski definition) is 2. The molecule has 31 heavy (non-hydrogen) atoms. The van der Waals surface area contributed by atoms with Crippen LogP contribution in [0.3, 0.4) is 0 Å². The number of pyridine rings is 1. The standard InChI is InChI=1S/C23H24N4O4/c1-12-10-26-23(31-15-6-7-30-11-15)20-19(18(22(25)28)13(2)27-21(12)20)16-5-4-14(9-24)8-17(16)29-3/h4-5,8,10,15,19,27H,6-7,11H2,1-3H3,(H2,25,28)/t15?,19-/m1/s1. The summed E-state index contributed by atoms with van der Waals surface area (Å²) in [4.78, 5) is 17.1. The van der Waals surface area contributed by atoms with E-state index in [1.807, 2.05) is 13.8 Å². The number of fused-ring (bicyclic) bond motifs is 1. The SMILES string of the molecule is COc1cc(C#N)ccc1[C@@H]1C(C(N)=O)=C(C)Nc2c(C)cnc(OC3CCOC3)c21. The molecule has 0 bridgehead atoms. The van der Waals surface area contributed by atoms with Gasteiger partial charge in [0.2, 0.25) is 11.8 Å². The normalized spacial score (nSPS) is 19.9. The van der Waals surface area contributed by atoms with Crippen molar-refractivity contribution in [2.45, 2.75) is 32.3 Å². The van der Waals surface area contributed by atoms with E-state index in [9.17, 15) is 10.1 Å². The van der Waals surface area contributed by atoms with Gasteiger partial charge in [-0.2, -0.15) is 5.26 Å². The van der Waals surface area contributed by atoms with Gasteiger partial charge >= 0.3 is 0 Å². The molecule has 4 rings (SSSR count). The minimum atomic E-state index is -0.568. The lowest BCUT2D eigenvalue weighted by Gasteiger charge is -2.33. The van der Waals surface area contributed by atoms with Crippen molar-refractivity contribution >= 4 is 11.6 Å². The molecule has 3 heterocycles. The zero-order valence-corrected chi connectivity index (χ0v) is 17.7. The maximum absolute atomic E-state index is 12.6. The molecule has 3 N–H and O–H groups in total. The van der Waals surface area contributed by atoms with Crippen LogP contribution in [0.25, 0.3) is 0 Å². The first-order chi connectivity index (χ1) is 14.9. The Kier molecular flexibility index (Phi) is 5.53. The number of nitrogens with one attached hydrogen (secondary N) is 1. The average Bonchev–Trinajstić information content (AvgIpc) is 3.27. The second-order valence-corrected chi connectivity index (χ2v) is 7.67. The summed E-state index contributed by atoms with van der Waals surface area (Å²) in [7, 11) is 1.53. The van der Waals surface area contributed by atoms with E-state index in [4.69, 9.17) is 19.9 Å². The summed E-state index contributed by atoms with van der Waals surface area (Å²) >= 11 is 0. The maximum atomic E-state index is 12.6. The first-order valence-corrected chi connectivity index (χ1v) is 10.0. The maximum Gasteiger partial charge on any atom is 0.247 e. The van der Waals surface area contributed by atoms with E-state index < -0.39 is 11.8 Å². The van der Waals surface area contributed by atoms with E-state index in [0.29, 0.717) is 52.8 Å². The molecule has 1 amide bonds. The highest BCUT2D eigenvalue weighted by Gasteiger charge is 2.37. The molecule has 8 heteroatoms. The predicted octanol–water partition coefficient (Wildman–Crippen LogP) is 2.75. The molecule has 1 saturated heterocycles. The number of aryl methyl sites for hydroxylation is 1. The van der Waals surface area contributed by atoms with Crippen LogP contribution in [0.4, 0.5) is 5.69 Å². The van der Waals surface area contributed by atoms with Gasteiger partial charge in [-0.3, -0.25) is 4.79 Å². The van der Waals surface area contributed by atoms with Crippen molar-refractivity contribution in [1.29, 1.82) is 5.26 Å². The molecular weight excluding hydrogens is 396 g/mol. The first-order valence-electron chi connectivity index (χ1n) is 10.0. The van der Waals surface area contributed by atoms with Crippen molar-refractivity contribution < 1.29 is 19.0 Å².